The number of rotatable bonds is 5. The van der Waals surface area contributed by atoms with Crippen LogP contribution in [-0.4, -0.2) is 42.1 Å². The van der Waals surface area contributed by atoms with E-state index in [2.05, 4.69) is 28.4 Å². The molecule has 0 saturated carbocycles. The van der Waals surface area contributed by atoms with Gasteiger partial charge in [0, 0.05) is 43.7 Å². The van der Waals surface area contributed by atoms with Crippen LogP contribution in [0.25, 0.3) is 0 Å². The summed E-state index contributed by atoms with van der Waals surface area (Å²) >= 11 is 1.48. The van der Waals surface area contributed by atoms with Gasteiger partial charge in [-0.1, -0.05) is 30.3 Å². The molecular weight excluding hydrogens is 382 g/mol. The molecule has 6 heteroatoms. The molecule has 2 amide bonds. The van der Waals surface area contributed by atoms with Crippen LogP contribution < -0.4 is 10.2 Å². The van der Waals surface area contributed by atoms with Crippen molar-refractivity contribution in [1.29, 1.82) is 0 Å². The number of nitrogens with zero attached hydrogens (tertiary/aromatic N) is 2. The number of carbonyl (C=O) groups excluding carboxylic acids is 2. The summed E-state index contributed by atoms with van der Waals surface area (Å²) < 4.78 is 0. The summed E-state index contributed by atoms with van der Waals surface area (Å²) in [6.07, 6.45) is 3.94. The normalized spacial score (nSPS) is 18.7. The average molecular weight is 410 g/mol. The molecule has 1 atom stereocenters. The lowest BCUT2D eigenvalue weighted by atomic mass is 10.1. The number of benzene rings is 2. The van der Waals surface area contributed by atoms with E-state index in [-0.39, 0.29) is 18.2 Å². The maximum absolute atomic E-state index is 12.9. The van der Waals surface area contributed by atoms with Gasteiger partial charge >= 0.3 is 0 Å². The van der Waals surface area contributed by atoms with Gasteiger partial charge in [-0.2, -0.15) is 0 Å². The van der Waals surface area contributed by atoms with Crippen molar-refractivity contribution >= 4 is 35.0 Å². The second-order valence-corrected chi connectivity index (χ2v) is 8.97. The Morgan fingerprint density at radius 2 is 1.83 bits per heavy atom. The van der Waals surface area contributed by atoms with Crippen LogP contribution in [0.15, 0.2) is 53.4 Å². The lowest BCUT2D eigenvalue weighted by molar-refractivity contribution is -0.131. The molecule has 1 saturated heterocycles. The topological polar surface area (TPSA) is 52.6 Å². The molecule has 1 N–H and O–H groups in total. The van der Waals surface area contributed by atoms with Crippen LogP contribution in [0.4, 0.5) is 11.4 Å². The number of piperidine rings is 1. The highest BCUT2D eigenvalue weighted by molar-refractivity contribution is 8.01. The lowest BCUT2D eigenvalue weighted by Crippen LogP contribution is -2.36. The average Bonchev–Trinajstić information content (AvgIpc) is 2.75. The van der Waals surface area contributed by atoms with Crippen LogP contribution in [-0.2, 0) is 16.1 Å². The number of amides is 2. The molecule has 1 unspecified atom stereocenters. The first-order chi connectivity index (χ1) is 14.1. The van der Waals surface area contributed by atoms with Gasteiger partial charge in [-0.05, 0) is 43.0 Å². The molecule has 4 rings (SSSR count). The first-order valence-corrected chi connectivity index (χ1v) is 11.1. The second kappa shape index (κ2) is 8.91. The van der Waals surface area contributed by atoms with E-state index in [0.717, 1.165) is 29.2 Å². The number of thioether (sulfide) groups is 1. The Balaban J connectivity index is 1.41. The van der Waals surface area contributed by atoms with E-state index in [4.69, 9.17) is 0 Å². The molecule has 29 heavy (non-hydrogen) atoms. The van der Waals surface area contributed by atoms with Gasteiger partial charge in [0.1, 0.15) is 0 Å². The van der Waals surface area contributed by atoms with Gasteiger partial charge in [0.25, 0.3) is 0 Å². The van der Waals surface area contributed by atoms with Gasteiger partial charge in [0.15, 0.2) is 0 Å². The Morgan fingerprint density at radius 3 is 2.66 bits per heavy atom. The van der Waals surface area contributed by atoms with Gasteiger partial charge in [-0.25, -0.2) is 0 Å². The van der Waals surface area contributed by atoms with Crippen LogP contribution in [0, 0.1) is 0 Å². The van der Waals surface area contributed by atoms with Gasteiger partial charge in [0.05, 0.1) is 10.9 Å². The maximum atomic E-state index is 12.9. The summed E-state index contributed by atoms with van der Waals surface area (Å²) in [6.45, 7) is 2.71. The number of fused-ring (bicyclic) bond motifs is 1. The summed E-state index contributed by atoms with van der Waals surface area (Å²) in [5.41, 5.74) is 3.22. The molecule has 2 aliphatic heterocycles. The van der Waals surface area contributed by atoms with Gasteiger partial charge in [-0.3, -0.25) is 9.59 Å². The first-order valence-electron chi connectivity index (χ1n) is 10.2. The van der Waals surface area contributed by atoms with Gasteiger partial charge in [-0.15, -0.1) is 11.8 Å². The van der Waals surface area contributed by atoms with Crippen molar-refractivity contribution in [3.8, 4) is 0 Å². The van der Waals surface area contributed by atoms with E-state index < -0.39 is 5.25 Å². The van der Waals surface area contributed by atoms with Crippen molar-refractivity contribution in [2.45, 2.75) is 42.4 Å². The van der Waals surface area contributed by atoms with E-state index >= 15 is 0 Å². The van der Waals surface area contributed by atoms with Crippen LogP contribution in [0.1, 0.15) is 31.2 Å². The molecule has 2 heterocycles. The summed E-state index contributed by atoms with van der Waals surface area (Å²) in [7, 11) is 1.83. The minimum atomic E-state index is -0.391. The predicted octanol–water partition coefficient (Wildman–Crippen LogP) is 4.14. The molecule has 0 aliphatic carbocycles. The highest BCUT2D eigenvalue weighted by Gasteiger charge is 2.30. The number of anilines is 2. The standard InChI is InChI=1S/C23H27N3O2S/c1-25(16-17-9-3-5-11-19(17)26-13-7-2-8-14-26)22(27)15-21-23(28)24-18-10-4-6-12-20(18)29-21/h3-6,9-12,21H,2,7-8,13-16H2,1H3,(H,24,28). The molecular formula is C23H27N3O2S. The third-order valence-electron chi connectivity index (χ3n) is 5.59. The predicted molar refractivity (Wildman–Crippen MR) is 118 cm³/mol. The monoisotopic (exact) mass is 409 g/mol. The Bertz CT molecular complexity index is 895. The second-order valence-electron chi connectivity index (χ2n) is 7.72. The fraction of sp³-hybridized carbons (Fsp3) is 0.391. The van der Waals surface area contributed by atoms with E-state index in [9.17, 15) is 9.59 Å². The third kappa shape index (κ3) is 4.58. The van der Waals surface area contributed by atoms with E-state index in [0.29, 0.717) is 6.54 Å². The Morgan fingerprint density at radius 1 is 1.10 bits per heavy atom. The first kappa shape index (κ1) is 19.8. The molecule has 0 radical (unpaired) electrons. The van der Waals surface area contributed by atoms with Crippen molar-refractivity contribution in [3.05, 3.63) is 54.1 Å². The number of hydrogen-bond acceptors (Lipinski definition) is 4. The maximum Gasteiger partial charge on any atom is 0.238 e. The summed E-state index contributed by atoms with van der Waals surface area (Å²) in [5, 5.41) is 2.53. The molecule has 2 aromatic carbocycles. The molecule has 152 valence electrons. The Hall–Kier alpha value is -2.47. The van der Waals surface area contributed by atoms with Crippen molar-refractivity contribution in [2.24, 2.45) is 0 Å². The van der Waals surface area contributed by atoms with Crippen molar-refractivity contribution < 1.29 is 9.59 Å². The minimum absolute atomic E-state index is 0.00882. The van der Waals surface area contributed by atoms with Crippen LogP contribution >= 0.6 is 11.8 Å². The minimum Gasteiger partial charge on any atom is -0.371 e. The number of hydrogen-bond donors (Lipinski definition) is 1. The molecule has 2 aliphatic rings. The summed E-state index contributed by atoms with van der Waals surface area (Å²) in [4.78, 5) is 30.5. The molecule has 5 nitrogen and oxygen atoms in total. The molecule has 0 bridgehead atoms. The zero-order chi connectivity index (χ0) is 20.2. The molecule has 0 aromatic heterocycles. The highest BCUT2D eigenvalue weighted by atomic mass is 32.2. The van der Waals surface area contributed by atoms with Crippen molar-refractivity contribution in [2.75, 3.05) is 30.4 Å². The van der Waals surface area contributed by atoms with Gasteiger partial charge < -0.3 is 15.1 Å². The lowest BCUT2D eigenvalue weighted by Gasteiger charge is -2.32. The molecule has 1 fully saturated rings. The molecule has 0 spiro atoms. The number of para-hydroxylation sites is 2. The van der Waals surface area contributed by atoms with E-state index in [1.54, 1.807) is 4.90 Å². The smallest absolute Gasteiger partial charge is 0.238 e. The summed E-state index contributed by atoms with van der Waals surface area (Å²) in [6, 6.07) is 16.1. The highest BCUT2D eigenvalue weighted by Crippen LogP contribution is 2.37. The number of nitrogens with one attached hydrogen (secondary N) is 1. The van der Waals surface area contributed by atoms with Crippen molar-refractivity contribution in [3.63, 3.8) is 0 Å². The van der Waals surface area contributed by atoms with Crippen molar-refractivity contribution in [1.82, 2.24) is 4.90 Å². The van der Waals surface area contributed by atoms with E-state index in [1.807, 2.05) is 37.4 Å². The largest absolute Gasteiger partial charge is 0.371 e. The van der Waals surface area contributed by atoms with Crippen LogP contribution in [0.2, 0.25) is 0 Å². The number of carbonyl (C=O) groups is 2. The summed E-state index contributed by atoms with van der Waals surface area (Å²) in [5.74, 6) is -0.102. The molecule has 2 aromatic rings. The SMILES string of the molecule is CN(Cc1ccccc1N1CCCCC1)C(=O)CC1Sc2ccccc2NC1=O. The third-order valence-corrected chi connectivity index (χ3v) is 6.86. The zero-order valence-electron chi connectivity index (χ0n) is 16.8. The van der Waals surface area contributed by atoms with Crippen LogP contribution in [0.3, 0.4) is 0 Å². The Labute approximate surface area is 176 Å². The zero-order valence-corrected chi connectivity index (χ0v) is 17.6. The van der Waals surface area contributed by atoms with Gasteiger partial charge in [0.2, 0.25) is 11.8 Å². The van der Waals surface area contributed by atoms with E-state index in [1.165, 1.54) is 36.7 Å². The van der Waals surface area contributed by atoms with Crippen LogP contribution in [0.5, 0.6) is 0 Å². The fourth-order valence-electron chi connectivity index (χ4n) is 3.97. The Kier molecular flexibility index (Phi) is 6.09. The quantitative estimate of drug-likeness (QED) is 0.806. The fourth-order valence-corrected chi connectivity index (χ4v) is 5.07.